The molecule has 6 nitrogen and oxygen atoms in total. The summed E-state index contributed by atoms with van der Waals surface area (Å²) in [6.45, 7) is 0. The van der Waals surface area contributed by atoms with Gasteiger partial charge in [-0.05, 0) is 60.7 Å². The van der Waals surface area contributed by atoms with E-state index < -0.39 is 16.0 Å². The van der Waals surface area contributed by atoms with Crippen LogP contribution in [-0.2, 0) is 10.0 Å². The molecule has 0 aliphatic rings. The molecule has 0 amide bonds. The van der Waals surface area contributed by atoms with Gasteiger partial charge in [-0.3, -0.25) is 4.72 Å². The predicted octanol–water partition coefficient (Wildman–Crippen LogP) is 3.59. The van der Waals surface area contributed by atoms with Crippen molar-refractivity contribution in [2.75, 3.05) is 11.8 Å². The van der Waals surface area contributed by atoms with Crippen molar-refractivity contribution in [2.45, 2.75) is 4.90 Å². The van der Waals surface area contributed by atoms with Gasteiger partial charge < -0.3 is 9.84 Å². The number of hydrogen-bond donors (Lipinski definition) is 2. The summed E-state index contributed by atoms with van der Waals surface area (Å²) in [6, 6.07) is 19.0. The van der Waals surface area contributed by atoms with E-state index in [2.05, 4.69) is 16.6 Å². The van der Waals surface area contributed by atoms with Crippen LogP contribution in [0.25, 0.3) is 0 Å². The highest BCUT2D eigenvalue weighted by Crippen LogP contribution is 2.21. The van der Waals surface area contributed by atoms with E-state index in [1.807, 2.05) is 0 Å². The van der Waals surface area contributed by atoms with Crippen LogP contribution in [0.1, 0.15) is 21.5 Å². The third-order valence-electron chi connectivity index (χ3n) is 4.01. The zero-order valence-corrected chi connectivity index (χ0v) is 16.2. The number of para-hydroxylation sites is 1. The van der Waals surface area contributed by atoms with Gasteiger partial charge in [0.05, 0.1) is 23.3 Å². The summed E-state index contributed by atoms with van der Waals surface area (Å²) in [4.78, 5) is 11.0. The van der Waals surface area contributed by atoms with Crippen molar-refractivity contribution in [3.05, 3.63) is 89.5 Å². The molecule has 0 bridgehead atoms. The number of sulfonamides is 1. The molecule has 0 aliphatic heterocycles. The van der Waals surface area contributed by atoms with Gasteiger partial charge in [-0.2, -0.15) is 0 Å². The molecule has 0 saturated carbocycles. The summed E-state index contributed by atoms with van der Waals surface area (Å²) in [7, 11) is -2.29. The monoisotopic (exact) mass is 407 g/mol. The Labute approximate surface area is 168 Å². The second-order valence-electron chi connectivity index (χ2n) is 5.96. The molecule has 0 atom stereocenters. The lowest BCUT2D eigenvalue weighted by Gasteiger charge is -2.10. The molecule has 2 N–H and O–H groups in total. The van der Waals surface area contributed by atoms with Gasteiger partial charge in [0.25, 0.3) is 10.0 Å². The van der Waals surface area contributed by atoms with E-state index in [0.717, 1.165) is 0 Å². The molecule has 0 fully saturated rings. The molecule has 0 aromatic heterocycles. The van der Waals surface area contributed by atoms with Crippen LogP contribution in [0, 0.1) is 11.8 Å². The van der Waals surface area contributed by atoms with Crippen molar-refractivity contribution in [3.63, 3.8) is 0 Å². The van der Waals surface area contributed by atoms with Gasteiger partial charge in [0.1, 0.15) is 5.75 Å². The molecular weight excluding hydrogens is 390 g/mol. The Balaban J connectivity index is 1.86. The van der Waals surface area contributed by atoms with Crippen LogP contribution in [0.5, 0.6) is 5.75 Å². The molecule has 29 heavy (non-hydrogen) atoms. The maximum Gasteiger partial charge on any atom is 0.335 e. The Morgan fingerprint density at radius 3 is 2.21 bits per heavy atom. The molecule has 3 aromatic carbocycles. The number of carbonyl (C=O) groups is 1. The van der Waals surface area contributed by atoms with Crippen LogP contribution in [-0.4, -0.2) is 26.6 Å². The first-order chi connectivity index (χ1) is 13.9. The molecule has 0 saturated heterocycles. The highest BCUT2D eigenvalue weighted by atomic mass is 32.2. The van der Waals surface area contributed by atoms with Crippen molar-refractivity contribution in [3.8, 4) is 17.6 Å². The lowest BCUT2D eigenvalue weighted by atomic mass is 10.1. The smallest absolute Gasteiger partial charge is 0.335 e. The van der Waals surface area contributed by atoms with E-state index >= 15 is 0 Å². The predicted molar refractivity (Wildman–Crippen MR) is 110 cm³/mol. The average Bonchev–Trinajstić information content (AvgIpc) is 2.73. The molecule has 0 unspecified atom stereocenters. The van der Waals surface area contributed by atoms with Crippen molar-refractivity contribution in [2.24, 2.45) is 0 Å². The standard InChI is InChI=1S/C22H17NO5S/c1-28-19-12-14-20(15-13-19)29(26,27)23-21-5-3-2-4-17(21)9-6-16-7-10-18(11-8-16)22(24)25/h2-5,7-8,10-15,23H,1H3,(H,24,25). The second kappa shape index (κ2) is 8.50. The van der Waals surface area contributed by atoms with Crippen molar-refractivity contribution >= 4 is 21.7 Å². The average molecular weight is 407 g/mol. The Morgan fingerprint density at radius 1 is 0.931 bits per heavy atom. The van der Waals surface area contributed by atoms with Crippen molar-refractivity contribution < 1.29 is 23.1 Å². The van der Waals surface area contributed by atoms with Gasteiger partial charge >= 0.3 is 5.97 Å². The third kappa shape index (κ3) is 4.94. The van der Waals surface area contributed by atoms with Gasteiger partial charge in [0.15, 0.2) is 0 Å². The first kappa shape index (κ1) is 20.0. The number of aromatic carboxylic acids is 1. The van der Waals surface area contributed by atoms with E-state index in [1.165, 1.54) is 31.4 Å². The van der Waals surface area contributed by atoms with Crippen LogP contribution in [0.3, 0.4) is 0 Å². The van der Waals surface area contributed by atoms with Crippen LogP contribution >= 0.6 is 0 Å². The summed E-state index contributed by atoms with van der Waals surface area (Å²) in [5.41, 5.74) is 1.62. The number of ether oxygens (including phenoxy) is 1. The molecule has 3 aromatic rings. The molecule has 0 radical (unpaired) electrons. The van der Waals surface area contributed by atoms with Crippen LogP contribution < -0.4 is 9.46 Å². The maximum absolute atomic E-state index is 12.7. The lowest BCUT2D eigenvalue weighted by molar-refractivity contribution is 0.0697. The number of rotatable bonds is 5. The first-order valence-corrected chi connectivity index (χ1v) is 9.98. The molecule has 7 heteroatoms. The fourth-order valence-corrected chi connectivity index (χ4v) is 3.56. The summed E-state index contributed by atoms with van der Waals surface area (Å²) in [6.07, 6.45) is 0. The number of carboxylic acids is 1. The summed E-state index contributed by atoms with van der Waals surface area (Å²) in [5.74, 6) is 5.39. The zero-order valence-electron chi connectivity index (χ0n) is 15.4. The third-order valence-corrected chi connectivity index (χ3v) is 5.40. The van der Waals surface area contributed by atoms with Crippen LogP contribution in [0.15, 0.2) is 77.7 Å². The number of benzene rings is 3. The Morgan fingerprint density at radius 2 is 1.59 bits per heavy atom. The summed E-state index contributed by atoms with van der Waals surface area (Å²) >= 11 is 0. The van der Waals surface area contributed by atoms with Crippen LogP contribution in [0.2, 0.25) is 0 Å². The number of hydrogen-bond acceptors (Lipinski definition) is 4. The molecule has 0 aliphatic carbocycles. The van der Waals surface area contributed by atoms with Crippen LogP contribution in [0.4, 0.5) is 5.69 Å². The molecule has 146 valence electrons. The van der Waals surface area contributed by atoms with Gasteiger partial charge in [-0.1, -0.05) is 24.0 Å². The Kier molecular flexibility index (Phi) is 5.86. The fourth-order valence-electron chi connectivity index (χ4n) is 2.48. The van der Waals surface area contributed by atoms with Gasteiger partial charge in [-0.15, -0.1) is 0 Å². The SMILES string of the molecule is COc1ccc(S(=O)(=O)Nc2ccccc2C#Cc2ccc(C(=O)O)cc2)cc1. The lowest BCUT2D eigenvalue weighted by Crippen LogP contribution is -2.13. The Bertz CT molecular complexity index is 1190. The van der Waals surface area contributed by atoms with E-state index in [1.54, 1.807) is 48.5 Å². The highest BCUT2D eigenvalue weighted by Gasteiger charge is 2.15. The van der Waals surface area contributed by atoms with E-state index in [-0.39, 0.29) is 10.5 Å². The number of nitrogens with one attached hydrogen (secondary N) is 1. The Hall–Kier alpha value is -3.76. The van der Waals surface area contributed by atoms with E-state index in [0.29, 0.717) is 22.6 Å². The maximum atomic E-state index is 12.7. The molecule has 3 rings (SSSR count). The summed E-state index contributed by atoms with van der Waals surface area (Å²) in [5, 5.41) is 8.94. The first-order valence-electron chi connectivity index (χ1n) is 8.50. The highest BCUT2D eigenvalue weighted by molar-refractivity contribution is 7.92. The van der Waals surface area contributed by atoms with Gasteiger partial charge in [0.2, 0.25) is 0 Å². The molecule has 0 heterocycles. The largest absolute Gasteiger partial charge is 0.497 e. The van der Waals surface area contributed by atoms with Gasteiger partial charge in [0, 0.05) is 11.1 Å². The van der Waals surface area contributed by atoms with Crippen molar-refractivity contribution in [1.82, 2.24) is 0 Å². The number of carboxylic acid groups (broad SMARTS) is 1. The topological polar surface area (TPSA) is 92.7 Å². The second-order valence-corrected chi connectivity index (χ2v) is 7.64. The van der Waals surface area contributed by atoms with E-state index in [4.69, 9.17) is 9.84 Å². The minimum Gasteiger partial charge on any atom is -0.497 e. The summed E-state index contributed by atoms with van der Waals surface area (Å²) < 4.78 is 32.9. The van der Waals surface area contributed by atoms with Gasteiger partial charge in [-0.25, -0.2) is 13.2 Å². The number of methoxy groups -OCH3 is 1. The number of anilines is 1. The zero-order chi connectivity index (χ0) is 20.9. The van der Waals surface area contributed by atoms with Crippen molar-refractivity contribution in [1.29, 1.82) is 0 Å². The minimum absolute atomic E-state index is 0.102. The van der Waals surface area contributed by atoms with E-state index in [9.17, 15) is 13.2 Å². The fraction of sp³-hybridized carbons (Fsp3) is 0.0455. The quantitative estimate of drug-likeness (QED) is 0.631. The minimum atomic E-state index is -3.80. The molecule has 0 spiro atoms. The normalized spacial score (nSPS) is 10.5. The molecular formula is C22H17NO5S.